The van der Waals surface area contributed by atoms with Crippen molar-refractivity contribution >= 4 is 17.6 Å². The van der Waals surface area contributed by atoms with Gasteiger partial charge >= 0.3 is 5.97 Å². The van der Waals surface area contributed by atoms with Gasteiger partial charge in [-0.2, -0.15) is 0 Å². The number of carbonyl (C=O) groups excluding carboxylic acids is 2. The van der Waals surface area contributed by atoms with Crippen LogP contribution in [0.5, 0.6) is 0 Å². The summed E-state index contributed by atoms with van der Waals surface area (Å²) in [5, 5.41) is 6.01. The molecule has 0 saturated carbocycles. The Bertz CT molecular complexity index is 1290. The fourth-order valence-corrected chi connectivity index (χ4v) is 4.01. The van der Waals surface area contributed by atoms with Crippen molar-refractivity contribution in [2.45, 2.75) is 32.6 Å². The number of amides is 1. The van der Waals surface area contributed by atoms with Gasteiger partial charge in [0.05, 0.1) is 42.9 Å². The second-order valence-corrected chi connectivity index (χ2v) is 9.01. The first-order chi connectivity index (χ1) is 19.1. The molecular formula is C30H32N6O3. The number of carbonyl (C=O) groups is 2. The molecule has 0 fully saturated rings. The molecule has 0 atom stereocenters. The van der Waals surface area contributed by atoms with Crippen molar-refractivity contribution in [1.29, 1.82) is 0 Å². The van der Waals surface area contributed by atoms with E-state index in [-0.39, 0.29) is 24.8 Å². The first-order valence-electron chi connectivity index (χ1n) is 12.7. The van der Waals surface area contributed by atoms with Gasteiger partial charge in [0.1, 0.15) is 0 Å². The topological polar surface area (TPSA) is 109 Å². The van der Waals surface area contributed by atoms with E-state index in [0.29, 0.717) is 31.9 Å². The number of pyridine rings is 3. The molecule has 3 heterocycles. The highest BCUT2D eigenvalue weighted by Crippen LogP contribution is 2.12. The van der Waals surface area contributed by atoms with Crippen LogP contribution in [0.2, 0.25) is 0 Å². The highest BCUT2D eigenvalue weighted by atomic mass is 16.5. The maximum atomic E-state index is 12.4. The molecule has 0 aliphatic carbocycles. The first kappa shape index (κ1) is 27.6. The molecule has 0 bridgehead atoms. The highest BCUT2D eigenvalue weighted by Gasteiger charge is 2.12. The van der Waals surface area contributed by atoms with Crippen LogP contribution in [0.3, 0.4) is 0 Å². The van der Waals surface area contributed by atoms with Crippen LogP contribution in [0.15, 0.2) is 91.3 Å². The number of nitrogens with one attached hydrogen (secondary N) is 2. The summed E-state index contributed by atoms with van der Waals surface area (Å²) in [6, 6.07) is 24.9. The van der Waals surface area contributed by atoms with E-state index in [4.69, 9.17) is 4.98 Å². The molecule has 0 unspecified atom stereocenters. The quantitative estimate of drug-likeness (QED) is 0.256. The Labute approximate surface area is 228 Å². The van der Waals surface area contributed by atoms with E-state index < -0.39 is 0 Å². The van der Waals surface area contributed by atoms with Crippen LogP contribution >= 0.6 is 0 Å². The SMILES string of the molecule is COC(=O)Cc1ccc(NC(=O)CNCc2cccc(CN(Cc3ccccn3)Cc3ccccn3)n2)cc1. The van der Waals surface area contributed by atoms with Crippen molar-refractivity contribution in [1.82, 2.24) is 25.2 Å². The van der Waals surface area contributed by atoms with Crippen molar-refractivity contribution in [2.75, 3.05) is 19.0 Å². The molecule has 39 heavy (non-hydrogen) atoms. The van der Waals surface area contributed by atoms with Crippen LogP contribution < -0.4 is 10.6 Å². The summed E-state index contributed by atoms with van der Waals surface area (Å²) in [6.45, 7) is 2.57. The molecule has 9 heteroatoms. The predicted octanol–water partition coefficient (Wildman–Crippen LogP) is 3.52. The second kappa shape index (κ2) is 14.5. The van der Waals surface area contributed by atoms with Gasteiger partial charge in [0, 0.05) is 44.3 Å². The zero-order valence-electron chi connectivity index (χ0n) is 21.9. The minimum Gasteiger partial charge on any atom is -0.469 e. The Morgan fingerprint density at radius 1 is 0.769 bits per heavy atom. The molecule has 0 aliphatic heterocycles. The van der Waals surface area contributed by atoms with Crippen molar-refractivity contribution < 1.29 is 14.3 Å². The smallest absolute Gasteiger partial charge is 0.309 e. The summed E-state index contributed by atoms with van der Waals surface area (Å²) >= 11 is 0. The third-order valence-corrected chi connectivity index (χ3v) is 5.88. The Kier molecular flexibility index (Phi) is 10.2. The Hall–Kier alpha value is -4.47. The van der Waals surface area contributed by atoms with Crippen LogP contribution in [-0.4, -0.2) is 45.4 Å². The highest BCUT2D eigenvalue weighted by molar-refractivity contribution is 5.92. The number of ether oxygens (including phenoxy) is 1. The summed E-state index contributed by atoms with van der Waals surface area (Å²) < 4.78 is 4.67. The Morgan fingerprint density at radius 3 is 2.00 bits per heavy atom. The summed E-state index contributed by atoms with van der Waals surface area (Å²) in [6.07, 6.45) is 3.80. The zero-order chi connectivity index (χ0) is 27.3. The van der Waals surface area contributed by atoms with Gasteiger partial charge in [-0.15, -0.1) is 0 Å². The van der Waals surface area contributed by atoms with E-state index in [1.807, 2.05) is 54.6 Å². The number of methoxy groups -OCH3 is 1. The lowest BCUT2D eigenvalue weighted by atomic mass is 10.1. The first-order valence-corrected chi connectivity index (χ1v) is 12.7. The molecule has 200 valence electrons. The summed E-state index contributed by atoms with van der Waals surface area (Å²) in [5.74, 6) is -0.466. The lowest BCUT2D eigenvalue weighted by Gasteiger charge is -2.21. The maximum absolute atomic E-state index is 12.4. The van der Waals surface area contributed by atoms with E-state index >= 15 is 0 Å². The van der Waals surface area contributed by atoms with Gasteiger partial charge in [-0.25, -0.2) is 0 Å². The van der Waals surface area contributed by atoms with Crippen molar-refractivity contribution in [3.8, 4) is 0 Å². The molecule has 9 nitrogen and oxygen atoms in total. The molecule has 3 aromatic heterocycles. The largest absolute Gasteiger partial charge is 0.469 e. The number of nitrogens with zero attached hydrogens (tertiary/aromatic N) is 4. The van der Waals surface area contributed by atoms with E-state index in [0.717, 1.165) is 28.3 Å². The third-order valence-electron chi connectivity index (χ3n) is 5.88. The van der Waals surface area contributed by atoms with E-state index in [1.54, 1.807) is 36.7 Å². The molecule has 0 radical (unpaired) electrons. The minimum absolute atomic E-state index is 0.140. The average Bonchev–Trinajstić information content (AvgIpc) is 2.95. The molecule has 0 aliphatic rings. The van der Waals surface area contributed by atoms with Gasteiger partial charge in [0.15, 0.2) is 0 Å². The van der Waals surface area contributed by atoms with Gasteiger partial charge in [0.25, 0.3) is 0 Å². The summed E-state index contributed by atoms with van der Waals surface area (Å²) in [7, 11) is 1.36. The molecule has 1 amide bonds. The number of benzene rings is 1. The average molecular weight is 525 g/mol. The van der Waals surface area contributed by atoms with Crippen LogP contribution in [0.1, 0.15) is 28.3 Å². The number of anilines is 1. The van der Waals surface area contributed by atoms with Crippen LogP contribution in [0.25, 0.3) is 0 Å². The van der Waals surface area contributed by atoms with E-state index in [9.17, 15) is 9.59 Å². The monoisotopic (exact) mass is 524 g/mol. The standard InChI is InChI=1S/C30H32N6O3/c1-39-30(38)17-23-11-13-24(14-12-23)35-29(37)19-31-18-25-9-6-10-28(34-25)22-36(20-26-7-2-4-15-32-26)21-27-8-3-5-16-33-27/h2-16,31H,17-22H2,1H3,(H,35,37). The second-order valence-electron chi connectivity index (χ2n) is 9.01. The molecule has 4 rings (SSSR count). The van der Waals surface area contributed by atoms with Crippen molar-refractivity contribution in [3.05, 3.63) is 120 Å². The Morgan fingerprint density at radius 2 is 1.38 bits per heavy atom. The van der Waals surface area contributed by atoms with Crippen LogP contribution in [-0.2, 0) is 46.9 Å². The van der Waals surface area contributed by atoms with Gasteiger partial charge in [-0.1, -0.05) is 30.3 Å². The fraction of sp³-hybridized carbons (Fsp3) is 0.233. The lowest BCUT2D eigenvalue weighted by molar-refractivity contribution is -0.139. The molecule has 1 aromatic carbocycles. The molecule has 2 N–H and O–H groups in total. The number of hydrogen-bond donors (Lipinski definition) is 2. The number of hydrogen-bond acceptors (Lipinski definition) is 8. The number of rotatable bonds is 13. The molecule has 0 spiro atoms. The van der Waals surface area contributed by atoms with E-state index in [2.05, 4.69) is 30.2 Å². The van der Waals surface area contributed by atoms with Crippen LogP contribution in [0, 0.1) is 0 Å². The van der Waals surface area contributed by atoms with Crippen molar-refractivity contribution in [3.63, 3.8) is 0 Å². The molecular weight excluding hydrogens is 492 g/mol. The van der Waals surface area contributed by atoms with Gasteiger partial charge in [0.2, 0.25) is 5.91 Å². The minimum atomic E-state index is -0.303. The van der Waals surface area contributed by atoms with E-state index in [1.165, 1.54) is 7.11 Å². The normalized spacial score (nSPS) is 10.8. The summed E-state index contributed by atoms with van der Waals surface area (Å²) in [4.78, 5) is 39.8. The molecule has 0 saturated heterocycles. The van der Waals surface area contributed by atoms with Gasteiger partial charge < -0.3 is 15.4 Å². The van der Waals surface area contributed by atoms with Gasteiger partial charge in [-0.05, 0) is 54.1 Å². The fourth-order valence-electron chi connectivity index (χ4n) is 4.01. The number of aromatic nitrogens is 3. The summed E-state index contributed by atoms with van der Waals surface area (Å²) in [5.41, 5.74) is 5.23. The maximum Gasteiger partial charge on any atom is 0.309 e. The zero-order valence-corrected chi connectivity index (χ0v) is 21.9. The Balaban J connectivity index is 1.29. The van der Waals surface area contributed by atoms with Crippen molar-refractivity contribution in [2.24, 2.45) is 0 Å². The lowest BCUT2D eigenvalue weighted by Crippen LogP contribution is -2.28. The predicted molar refractivity (Wildman–Crippen MR) is 148 cm³/mol. The number of esters is 1. The van der Waals surface area contributed by atoms with Gasteiger partial charge in [-0.3, -0.25) is 29.4 Å². The molecule has 4 aromatic rings. The van der Waals surface area contributed by atoms with Crippen LogP contribution in [0.4, 0.5) is 5.69 Å². The third kappa shape index (κ3) is 9.41.